The summed E-state index contributed by atoms with van der Waals surface area (Å²) in [6.07, 6.45) is -0.416. The molecule has 0 atom stereocenters. The lowest BCUT2D eigenvalue weighted by atomic mass is 9.96. The third kappa shape index (κ3) is 4.06. The molecule has 2 aromatic carbocycles. The van der Waals surface area contributed by atoms with Gasteiger partial charge in [-0.2, -0.15) is 0 Å². The summed E-state index contributed by atoms with van der Waals surface area (Å²) >= 11 is 0. The van der Waals surface area contributed by atoms with Gasteiger partial charge in [0.05, 0.1) is 5.69 Å². The van der Waals surface area contributed by atoms with Crippen LogP contribution in [0.2, 0.25) is 0 Å². The second-order valence-corrected chi connectivity index (χ2v) is 8.61. The summed E-state index contributed by atoms with van der Waals surface area (Å²) in [5.74, 6) is -0.290. The summed E-state index contributed by atoms with van der Waals surface area (Å²) in [5, 5.41) is 0. The first kappa shape index (κ1) is 19.6. The summed E-state index contributed by atoms with van der Waals surface area (Å²) in [6.45, 7) is 5.98. The van der Waals surface area contributed by atoms with Crippen LogP contribution in [0.1, 0.15) is 31.0 Å². The standard InChI is InChI=1S/C21H23FNO3P/c1-14(2)20-15(3)19(16-7-5-4-6-8-16)21(23(20)13-27(24,25)26)17-9-11-18(22)12-10-17/h4-12,14H,13H2,1-3H3,(H2,24,25,26). The fraction of sp³-hybridized carbons (Fsp3) is 0.238. The second-order valence-electron chi connectivity index (χ2n) is 7.00. The van der Waals surface area contributed by atoms with Gasteiger partial charge in [0.25, 0.3) is 0 Å². The molecule has 0 amide bonds. The molecular formula is C21H23FNO3P. The molecule has 0 spiro atoms. The van der Waals surface area contributed by atoms with E-state index in [1.807, 2.05) is 51.1 Å². The highest BCUT2D eigenvalue weighted by molar-refractivity contribution is 7.50. The van der Waals surface area contributed by atoms with Crippen molar-refractivity contribution < 1.29 is 18.7 Å². The molecule has 0 aliphatic rings. The molecule has 0 aliphatic heterocycles. The van der Waals surface area contributed by atoms with Crippen LogP contribution >= 0.6 is 7.60 Å². The maximum atomic E-state index is 13.5. The van der Waals surface area contributed by atoms with E-state index >= 15 is 0 Å². The Bertz CT molecular complexity index is 989. The third-order valence-corrected chi connectivity index (χ3v) is 5.26. The summed E-state index contributed by atoms with van der Waals surface area (Å²) < 4.78 is 27.1. The van der Waals surface area contributed by atoms with Crippen molar-refractivity contribution in [2.24, 2.45) is 0 Å². The van der Waals surface area contributed by atoms with E-state index in [4.69, 9.17) is 0 Å². The quantitative estimate of drug-likeness (QED) is 0.566. The zero-order valence-corrected chi connectivity index (χ0v) is 16.5. The van der Waals surface area contributed by atoms with Crippen LogP contribution in [-0.2, 0) is 10.9 Å². The molecule has 3 rings (SSSR count). The van der Waals surface area contributed by atoms with Gasteiger partial charge in [-0.1, -0.05) is 44.2 Å². The van der Waals surface area contributed by atoms with E-state index in [-0.39, 0.29) is 11.7 Å². The molecule has 4 nitrogen and oxygen atoms in total. The molecular weight excluding hydrogens is 364 g/mol. The SMILES string of the molecule is Cc1c(-c2ccccc2)c(-c2ccc(F)cc2)n(CP(=O)(O)O)c1C(C)C. The van der Waals surface area contributed by atoms with Gasteiger partial charge < -0.3 is 14.4 Å². The minimum atomic E-state index is -4.32. The lowest BCUT2D eigenvalue weighted by Gasteiger charge is -2.17. The highest BCUT2D eigenvalue weighted by Gasteiger charge is 2.27. The van der Waals surface area contributed by atoms with E-state index in [9.17, 15) is 18.7 Å². The zero-order chi connectivity index (χ0) is 19.8. The summed E-state index contributed by atoms with van der Waals surface area (Å²) in [5.41, 5.74) is 5.14. The molecule has 0 unspecified atom stereocenters. The van der Waals surface area contributed by atoms with Crippen LogP contribution in [0.5, 0.6) is 0 Å². The number of benzene rings is 2. The van der Waals surface area contributed by atoms with E-state index in [0.717, 1.165) is 27.9 Å². The first-order chi connectivity index (χ1) is 12.7. The van der Waals surface area contributed by atoms with Gasteiger partial charge in [-0.3, -0.25) is 4.57 Å². The highest BCUT2D eigenvalue weighted by Crippen LogP contribution is 2.46. The Kier molecular flexibility index (Phi) is 5.38. The number of aromatic nitrogens is 1. The molecule has 0 radical (unpaired) electrons. The second kappa shape index (κ2) is 7.43. The van der Waals surface area contributed by atoms with E-state index < -0.39 is 13.9 Å². The number of halogens is 1. The highest BCUT2D eigenvalue weighted by atomic mass is 31.2. The zero-order valence-electron chi connectivity index (χ0n) is 15.6. The Morgan fingerprint density at radius 1 is 1.00 bits per heavy atom. The van der Waals surface area contributed by atoms with Gasteiger partial charge in [0.15, 0.2) is 0 Å². The minimum absolute atomic E-state index is 0.0632. The van der Waals surface area contributed by atoms with E-state index in [1.54, 1.807) is 16.7 Å². The van der Waals surface area contributed by atoms with Crippen LogP contribution in [-0.4, -0.2) is 14.4 Å². The lowest BCUT2D eigenvalue weighted by Crippen LogP contribution is -2.07. The van der Waals surface area contributed by atoms with Crippen molar-refractivity contribution >= 4 is 7.60 Å². The molecule has 27 heavy (non-hydrogen) atoms. The molecule has 0 bridgehead atoms. The van der Waals surface area contributed by atoms with Gasteiger partial charge in [-0.15, -0.1) is 0 Å². The molecule has 0 saturated carbocycles. The maximum Gasteiger partial charge on any atom is 0.345 e. The van der Waals surface area contributed by atoms with Crippen LogP contribution < -0.4 is 0 Å². The summed E-state index contributed by atoms with van der Waals surface area (Å²) in [7, 11) is -4.32. The fourth-order valence-corrected chi connectivity index (χ4v) is 4.37. The van der Waals surface area contributed by atoms with Gasteiger partial charge in [0, 0.05) is 11.3 Å². The monoisotopic (exact) mass is 387 g/mol. The van der Waals surface area contributed by atoms with Crippen molar-refractivity contribution in [2.75, 3.05) is 0 Å². The number of nitrogens with zero attached hydrogens (tertiary/aromatic N) is 1. The molecule has 0 aliphatic carbocycles. The Morgan fingerprint density at radius 3 is 2.11 bits per heavy atom. The number of rotatable bonds is 5. The van der Waals surface area contributed by atoms with Gasteiger partial charge in [-0.25, -0.2) is 4.39 Å². The third-order valence-electron chi connectivity index (χ3n) is 4.61. The Morgan fingerprint density at radius 2 is 1.59 bits per heavy atom. The molecule has 6 heteroatoms. The Balaban J connectivity index is 2.40. The van der Waals surface area contributed by atoms with Crippen LogP contribution in [0.3, 0.4) is 0 Å². The maximum absolute atomic E-state index is 13.5. The van der Waals surface area contributed by atoms with Crippen LogP contribution in [0, 0.1) is 12.7 Å². The minimum Gasteiger partial charge on any atom is -0.331 e. The molecule has 142 valence electrons. The normalized spacial score (nSPS) is 12.0. The molecule has 2 N–H and O–H groups in total. The van der Waals surface area contributed by atoms with E-state index in [1.165, 1.54) is 12.1 Å². The average Bonchev–Trinajstić information content (AvgIpc) is 2.87. The first-order valence-electron chi connectivity index (χ1n) is 8.78. The van der Waals surface area contributed by atoms with Gasteiger partial charge in [-0.05, 0) is 53.8 Å². The lowest BCUT2D eigenvalue weighted by molar-refractivity contribution is 0.361. The topological polar surface area (TPSA) is 62.5 Å². The van der Waals surface area contributed by atoms with Crippen LogP contribution in [0.4, 0.5) is 4.39 Å². The molecule has 0 saturated heterocycles. The van der Waals surface area contributed by atoms with Gasteiger partial charge in [0.2, 0.25) is 0 Å². The van der Waals surface area contributed by atoms with Crippen molar-refractivity contribution in [3.8, 4) is 22.4 Å². The fourth-order valence-electron chi connectivity index (χ4n) is 3.71. The smallest absolute Gasteiger partial charge is 0.331 e. The van der Waals surface area contributed by atoms with E-state index in [0.29, 0.717) is 5.69 Å². The predicted molar refractivity (Wildman–Crippen MR) is 106 cm³/mol. The Hall–Kier alpha value is -2.20. The first-order valence-corrected chi connectivity index (χ1v) is 10.6. The van der Waals surface area contributed by atoms with Crippen molar-refractivity contribution in [1.29, 1.82) is 0 Å². The largest absolute Gasteiger partial charge is 0.345 e. The van der Waals surface area contributed by atoms with Crippen molar-refractivity contribution in [3.05, 3.63) is 71.7 Å². The molecule has 1 heterocycles. The van der Waals surface area contributed by atoms with Crippen LogP contribution in [0.25, 0.3) is 22.4 Å². The van der Waals surface area contributed by atoms with Crippen molar-refractivity contribution in [1.82, 2.24) is 4.57 Å². The Labute approximate surface area is 158 Å². The van der Waals surface area contributed by atoms with Gasteiger partial charge >= 0.3 is 7.60 Å². The predicted octanol–water partition coefficient (Wildman–Crippen LogP) is 5.53. The molecule has 1 aromatic heterocycles. The van der Waals surface area contributed by atoms with Crippen LogP contribution in [0.15, 0.2) is 54.6 Å². The molecule has 3 aromatic rings. The summed E-state index contributed by atoms with van der Waals surface area (Å²) in [6, 6.07) is 15.8. The van der Waals surface area contributed by atoms with Gasteiger partial charge in [0.1, 0.15) is 12.1 Å². The van der Waals surface area contributed by atoms with E-state index in [2.05, 4.69) is 0 Å². The number of hydrogen-bond donors (Lipinski definition) is 2. The average molecular weight is 387 g/mol. The number of hydrogen-bond acceptors (Lipinski definition) is 1. The molecule has 0 fully saturated rings. The van der Waals surface area contributed by atoms with Crippen molar-refractivity contribution in [3.63, 3.8) is 0 Å². The van der Waals surface area contributed by atoms with Crippen molar-refractivity contribution in [2.45, 2.75) is 33.0 Å². The summed E-state index contributed by atoms with van der Waals surface area (Å²) in [4.78, 5) is 19.4.